The number of nitrogens with one attached hydrogen (secondary N) is 1. The van der Waals surface area contributed by atoms with Crippen molar-refractivity contribution in [1.29, 1.82) is 0 Å². The van der Waals surface area contributed by atoms with Gasteiger partial charge in [-0.2, -0.15) is 0 Å². The maximum Gasteiger partial charge on any atom is 0.221 e. The third kappa shape index (κ3) is 6.27. The van der Waals surface area contributed by atoms with E-state index in [1.54, 1.807) is 48.5 Å². The van der Waals surface area contributed by atoms with Crippen LogP contribution in [0.5, 0.6) is 11.5 Å². The first-order valence-electron chi connectivity index (χ1n) is 7.86. The first kappa shape index (κ1) is 18.5. The van der Waals surface area contributed by atoms with Gasteiger partial charge in [-0.1, -0.05) is 0 Å². The van der Waals surface area contributed by atoms with Crippen LogP contribution in [0.1, 0.15) is 24.2 Å². The van der Waals surface area contributed by atoms with Gasteiger partial charge in [0.25, 0.3) is 0 Å². The molecule has 2 aromatic rings. The Labute approximate surface area is 146 Å². The summed E-state index contributed by atoms with van der Waals surface area (Å²) in [5.41, 5.74) is 1.29. The van der Waals surface area contributed by atoms with Gasteiger partial charge in [-0.15, -0.1) is 0 Å². The van der Waals surface area contributed by atoms with Crippen LogP contribution in [0.4, 0.5) is 5.69 Å². The van der Waals surface area contributed by atoms with Gasteiger partial charge in [0.05, 0.1) is 0 Å². The van der Waals surface area contributed by atoms with Crippen molar-refractivity contribution in [2.45, 2.75) is 20.0 Å². The number of aliphatic hydroxyl groups excluding tert-OH is 1. The molecule has 0 aromatic heterocycles. The van der Waals surface area contributed by atoms with E-state index in [4.69, 9.17) is 9.47 Å². The number of carbonyl (C=O) groups excluding carboxylic acids is 2. The summed E-state index contributed by atoms with van der Waals surface area (Å²) in [4.78, 5) is 22.1. The molecule has 0 aliphatic heterocycles. The SMILES string of the molecule is CC(=O)Nc1ccc(OCC(O)COc2ccc(C(C)=O)cc2)cc1. The fourth-order valence-corrected chi connectivity index (χ4v) is 2.06. The van der Waals surface area contributed by atoms with Crippen molar-refractivity contribution < 1.29 is 24.2 Å². The molecule has 132 valence electrons. The number of anilines is 1. The van der Waals surface area contributed by atoms with E-state index in [-0.39, 0.29) is 24.9 Å². The Hall–Kier alpha value is -2.86. The molecule has 0 saturated carbocycles. The highest BCUT2D eigenvalue weighted by atomic mass is 16.5. The van der Waals surface area contributed by atoms with Crippen LogP contribution in [0.3, 0.4) is 0 Å². The lowest BCUT2D eigenvalue weighted by molar-refractivity contribution is -0.114. The number of hydrogen-bond donors (Lipinski definition) is 2. The van der Waals surface area contributed by atoms with E-state index in [1.165, 1.54) is 13.8 Å². The monoisotopic (exact) mass is 343 g/mol. The predicted molar refractivity (Wildman–Crippen MR) is 94.2 cm³/mol. The van der Waals surface area contributed by atoms with Crippen molar-refractivity contribution in [3.8, 4) is 11.5 Å². The zero-order valence-electron chi connectivity index (χ0n) is 14.2. The second kappa shape index (κ2) is 8.84. The van der Waals surface area contributed by atoms with Gasteiger partial charge in [0, 0.05) is 18.2 Å². The largest absolute Gasteiger partial charge is 0.491 e. The molecule has 0 aliphatic carbocycles. The van der Waals surface area contributed by atoms with Crippen LogP contribution in [-0.2, 0) is 4.79 Å². The first-order chi connectivity index (χ1) is 11.9. The summed E-state index contributed by atoms with van der Waals surface area (Å²) in [6, 6.07) is 13.6. The number of carbonyl (C=O) groups is 2. The molecule has 1 atom stereocenters. The molecular formula is C19H21NO5. The van der Waals surface area contributed by atoms with E-state index in [2.05, 4.69) is 5.32 Å². The fraction of sp³-hybridized carbons (Fsp3) is 0.263. The number of ether oxygens (including phenoxy) is 2. The molecule has 1 amide bonds. The van der Waals surface area contributed by atoms with Crippen LogP contribution in [-0.4, -0.2) is 36.1 Å². The third-order valence-corrected chi connectivity index (χ3v) is 3.32. The van der Waals surface area contributed by atoms with Crippen LogP contribution in [0.15, 0.2) is 48.5 Å². The predicted octanol–water partition coefficient (Wildman–Crippen LogP) is 2.67. The second-order valence-corrected chi connectivity index (χ2v) is 5.56. The van der Waals surface area contributed by atoms with E-state index in [0.29, 0.717) is 22.7 Å². The molecule has 2 aromatic carbocycles. The molecule has 0 bridgehead atoms. The first-order valence-corrected chi connectivity index (χ1v) is 7.86. The van der Waals surface area contributed by atoms with Crippen LogP contribution in [0, 0.1) is 0 Å². The lowest BCUT2D eigenvalue weighted by Crippen LogP contribution is -2.25. The number of amides is 1. The Kier molecular flexibility index (Phi) is 6.54. The summed E-state index contributed by atoms with van der Waals surface area (Å²) in [5.74, 6) is 1.00. The van der Waals surface area contributed by atoms with Gasteiger partial charge < -0.3 is 19.9 Å². The molecule has 25 heavy (non-hydrogen) atoms. The van der Waals surface area contributed by atoms with E-state index >= 15 is 0 Å². The molecule has 0 saturated heterocycles. The van der Waals surface area contributed by atoms with Crippen molar-refractivity contribution in [3.63, 3.8) is 0 Å². The Bertz CT molecular complexity index is 710. The smallest absolute Gasteiger partial charge is 0.221 e. The van der Waals surface area contributed by atoms with Crippen molar-refractivity contribution in [1.82, 2.24) is 0 Å². The highest BCUT2D eigenvalue weighted by Crippen LogP contribution is 2.16. The van der Waals surface area contributed by atoms with Gasteiger partial charge in [0.1, 0.15) is 30.8 Å². The van der Waals surface area contributed by atoms with Gasteiger partial charge in [0.15, 0.2) is 5.78 Å². The molecule has 0 spiro atoms. The molecule has 6 heteroatoms. The summed E-state index contributed by atoms with van der Waals surface area (Å²) >= 11 is 0. The summed E-state index contributed by atoms with van der Waals surface area (Å²) in [7, 11) is 0. The highest BCUT2D eigenvalue weighted by molar-refractivity contribution is 5.94. The zero-order chi connectivity index (χ0) is 18.2. The maximum absolute atomic E-state index is 11.2. The van der Waals surface area contributed by atoms with Crippen LogP contribution in [0.2, 0.25) is 0 Å². The third-order valence-electron chi connectivity index (χ3n) is 3.32. The number of ketones is 1. The van der Waals surface area contributed by atoms with Gasteiger partial charge in [0.2, 0.25) is 5.91 Å². The molecule has 0 radical (unpaired) electrons. The Morgan fingerprint density at radius 1 is 0.920 bits per heavy atom. The molecule has 0 fully saturated rings. The number of benzene rings is 2. The Morgan fingerprint density at radius 3 is 1.84 bits per heavy atom. The number of aliphatic hydroxyl groups is 1. The molecule has 0 aliphatic rings. The minimum Gasteiger partial charge on any atom is -0.491 e. The molecule has 1 unspecified atom stereocenters. The Morgan fingerprint density at radius 2 is 1.40 bits per heavy atom. The van der Waals surface area contributed by atoms with Gasteiger partial charge in [-0.3, -0.25) is 9.59 Å². The second-order valence-electron chi connectivity index (χ2n) is 5.56. The van der Waals surface area contributed by atoms with E-state index < -0.39 is 6.10 Å². The van der Waals surface area contributed by atoms with Gasteiger partial charge in [-0.25, -0.2) is 0 Å². The van der Waals surface area contributed by atoms with Crippen LogP contribution < -0.4 is 14.8 Å². The summed E-state index contributed by atoms with van der Waals surface area (Å²) in [6.45, 7) is 3.09. The summed E-state index contributed by atoms with van der Waals surface area (Å²) < 4.78 is 10.9. The molecular weight excluding hydrogens is 322 g/mol. The lowest BCUT2D eigenvalue weighted by Gasteiger charge is -2.14. The normalized spacial score (nSPS) is 11.5. The van der Waals surface area contributed by atoms with Crippen molar-refractivity contribution in [3.05, 3.63) is 54.1 Å². The average Bonchev–Trinajstić information content (AvgIpc) is 2.59. The van der Waals surface area contributed by atoms with Gasteiger partial charge in [-0.05, 0) is 55.5 Å². The highest BCUT2D eigenvalue weighted by Gasteiger charge is 2.07. The summed E-state index contributed by atoms with van der Waals surface area (Å²) in [6.07, 6.45) is -0.803. The molecule has 6 nitrogen and oxygen atoms in total. The minimum absolute atomic E-state index is 0.00972. The maximum atomic E-state index is 11.2. The fourth-order valence-electron chi connectivity index (χ4n) is 2.06. The van der Waals surface area contributed by atoms with E-state index in [9.17, 15) is 14.7 Å². The average molecular weight is 343 g/mol. The quantitative estimate of drug-likeness (QED) is 0.720. The molecule has 2 rings (SSSR count). The van der Waals surface area contributed by atoms with Gasteiger partial charge >= 0.3 is 0 Å². The number of hydrogen-bond acceptors (Lipinski definition) is 5. The van der Waals surface area contributed by atoms with Crippen molar-refractivity contribution >= 4 is 17.4 Å². The number of Topliss-reactive ketones (excluding diaryl/α,β-unsaturated/α-hetero) is 1. The van der Waals surface area contributed by atoms with Crippen molar-refractivity contribution in [2.75, 3.05) is 18.5 Å². The Balaban J connectivity index is 1.75. The zero-order valence-corrected chi connectivity index (χ0v) is 14.2. The van der Waals surface area contributed by atoms with Crippen molar-refractivity contribution in [2.24, 2.45) is 0 Å². The van der Waals surface area contributed by atoms with Crippen LogP contribution >= 0.6 is 0 Å². The number of rotatable bonds is 8. The lowest BCUT2D eigenvalue weighted by atomic mass is 10.1. The van der Waals surface area contributed by atoms with E-state index in [0.717, 1.165) is 0 Å². The topological polar surface area (TPSA) is 84.9 Å². The molecule has 0 heterocycles. The minimum atomic E-state index is -0.803. The standard InChI is InChI=1S/C19H21NO5/c1-13(21)15-3-7-18(8-4-15)24-11-17(23)12-25-19-9-5-16(6-10-19)20-14(2)22/h3-10,17,23H,11-12H2,1-2H3,(H,20,22). The summed E-state index contributed by atoms with van der Waals surface area (Å²) in [5, 5.41) is 12.6. The molecule has 2 N–H and O–H groups in total. The van der Waals surface area contributed by atoms with Crippen LogP contribution in [0.25, 0.3) is 0 Å². The van der Waals surface area contributed by atoms with E-state index in [1.807, 2.05) is 0 Å².